The molecule has 0 amide bonds. The van der Waals surface area contributed by atoms with Crippen LogP contribution in [0.1, 0.15) is 30.1 Å². The molecule has 0 spiro atoms. The number of benzene rings is 1. The van der Waals surface area contributed by atoms with Gasteiger partial charge in [-0.1, -0.05) is 18.5 Å². The Labute approximate surface area is 178 Å². The lowest BCUT2D eigenvalue weighted by molar-refractivity contribution is -0.148. The molecule has 0 aliphatic carbocycles. The van der Waals surface area contributed by atoms with Crippen molar-refractivity contribution in [3.8, 4) is 11.3 Å². The minimum absolute atomic E-state index is 0.0909. The van der Waals surface area contributed by atoms with Crippen molar-refractivity contribution >= 4 is 29.4 Å². The van der Waals surface area contributed by atoms with Crippen molar-refractivity contribution in [3.05, 3.63) is 40.7 Å². The van der Waals surface area contributed by atoms with Crippen molar-refractivity contribution < 1.29 is 28.6 Å². The summed E-state index contributed by atoms with van der Waals surface area (Å²) in [4.78, 5) is 22.3. The first-order valence-electron chi connectivity index (χ1n) is 9.18. The molecule has 8 nitrogen and oxygen atoms in total. The molecule has 1 unspecified atom stereocenters. The number of carbonyl (C=O) groups is 2. The number of carboxylic acid groups (broad SMARTS) is 1. The summed E-state index contributed by atoms with van der Waals surface area (Å²) in [7, 11) is 3.14. The van der Waals surface area contributed by atoms with Gasteiger partial charge in [0.15, 0.2) is 5.82 Å². The van der Waals surface area contributed by atoms with Gasteiger partial charge in [0.2, 0.25) is 0 Å². The fourth-order valence-corrected chi connectivity index (χ4v) is 3.16. The molecule has 1 atom stereocenters. The second-order valence-electron chi connectivity index (χ2n) is 6.62. The molecule has 1 aliphatic heterocycles. The number of esters is 1. The lowest BCUT2D eigenvalue weighted by Crippen LogP contribution is -2.30. The van der Waals surface area contributed by atoms with Crippen molar-refractivity contribution in [2.24, 2.45) is 5.41 Å². The molecule has 30 heavy (non-hydrogen) atoms. The number of cyclic esters (lactones) is 1. The van der Waals surface area contributed by atoms with Crippen LogP contribution in [0.25, 0.3) is 11.3 Å². The summed E-state index contributed by atoms with van der Waals surface area (Å²) in [5.41, 5.74) is -0.220. The second-order valence-corrected chi connectivity index (χ2v) is 7.06. The van der Waals surface area contributed by atoms with Crippen LogP contribution in [0.5, 0.6) is 0 Å². The number of nitrogens with zero attached hydrogens (tertiary/aromatic N) is 2. The third kappa shape index (κ3) is 5.22. The van der Waals surface area contributed by atoms with E-state index in [0.717, 1.165) is 12.8 Å². The molecule has 1 fully saturated rings. The van der Waals surface area contributed by atoms with Gasteiger partial charge in [-0.05, 0) is 37.1 Å². The molecule has 2 heterocycles. The van der Waals surface area contributed by atoms with Gasteiger partial charge >= 0.3 is 11.9 Å². The van der Waals surface area contributed by atoms with Gasteiger partial charge in [0.05, 0.1) is 24.3 Å². The Bertz CT molecular complexity index is 927. The highest BCUT2D eigenvalue weighted by atomic mass is 35.5. The number of ether oxygens (including phenoxy) is 2. The third-order valence-corrected chi connectivity index (χ3v) is 5.04. The minimum atomic E-state index is -1.18. The van der Waals surface area contributed by atoms with Crippen molar-refractivity contribution in [1.29, 1.82) is 0 Å². The highest BCUT2D eigenvalue weighted by Crippen LogP contribution is 2.33. The number of hydrogen-bond donors (Lipinski definition) is 2. The van der Waals surface area contributed by atoms with E-state index in [1.165, 1.54) is 31.3 Å². The van der Waals surface area contributed by atoms with Gasteiger partial charge in [-0.3, -0.25) is 4.79 Å². The van der Waals surface area contributed by atoms with E-state index in [9.17, 15) is 14.0 Å². The average molecular weight is 440 g/mol. The highest BCUT2D eigenvalue weighted by molar-refractivity contribution is 6.30. The van der Waals surface area contributed by atoms with Crippen molar-refractivity contribution in [3.63, 3.8) is 0 Å². The number of carbonyl (C=O) groups excluding carboxylic acids is 1. The van der Waals surface area contributed by atoms with Gasteiger partial charge in [-0.25, -0.2) is 9.18 Å². The lowest BCUT2D eigenvalue weighted by Gasteiger charge is -2.20. The number of methoxy groups -OCH3 is 1. The predicted molar refractivity (Wildman–Crippen MR) is 109 cm³/mol. The Kier molecular flexibility index (Phi) is 8.08. The summed E-state index contributed by atoms with van der Waals surface area (Å²) in [6.07, 6.45) is 1.61. The van der Waals surface area contributed by atoms with Crippen molar-refractivity contribution in [1.82, 2.24) is 10.2 Å². The predicted octanol–water partition coefficient (Wildman–Crippen LogP) is 3.65. The lowest BCUT2D eigenvalue weighted by atomic mass is 9.85. The number of aromatic nitrogens is 2. The standard InChI is InChI=1S/C12H9ClFN3O2.C8H14O3/c1-15-11-8(12(18)19)5-10(16-17-11)7-4-6(13)2-3-9(7)14;1-3-8(6-10-2)4-5-11-7(8)9/h2-5H,1H3,(H,15,17)(H,18,19);3-6H2,1-2H3. The second kappa shape index (κ2) is 10.3. The highest BCUT2D eigenvalue weighted by Gasteiger charge is 2.42. The van der Waals surface area contributed by atoms with E-state index in [1.807, 2.05) is 6.92 Å². The van der Waals surface area contributed by atoms with Crippen molar-refractivity contribution in [2.75, 3.05) is 32.7 Å². The van der Waals surface area contributed by atoms with Crippen LogP contribution in [-0.4, -0.2) is 54.6 Å². The maximum atomic E-state index is 13.7. The Hall–Kier alpha value is -2.78. The molecule has 1 aliphatic rings. The zero-order valence-corrected chi connectivity index (χ0v) is 17.6. The van der Waals surface area contributed by atoms with Gasteiger partial charge in [-0.2, -0.15) is 0 Å². The fourth-order valence-electron chi connectivity index (χ4n) is 2.99. The first-order valence-corrected chi connectivity index (χ1v) is 9.56. The van der Waals surface area contributed by atoms with Crippen LogP contribution in [0.15, 0.2) is 24.3 Å². The van der Waals surface area contributed by atoms with E-state index in [-0.39, 0.29) is 34.0 Å². The van der Waals surface area contributed by atoms with Gasteiger partial charge in [0.25, 0.3) is 0 Å². The van der Waals surface area contributed by atoms with Gasteiger partial charge in [-0.15, -0.1) is 10.2 Å². The smallest absolute Gasteiger partial charge is 0.339 e. The molecule has 1 aromatic heterocycles. The molecule has 0 bridgehead atoms. The maximum Gasteiger partial charge on any atom is 0.339 e. The Morgan fingerprint density at radius 3 is 2.67 bits per heavy atom. The van der Waals surface area contributed by atoms with Gasteiger partial charge in [0, 0.05) is 24.7 Å². The number of carboxylic acids is 1. The van der Waals surface area contributed by atoms with Gasteiger partial charge in [0.1, 0.15) is 11.4 Å². The van der Waals surface area contributed by atoms with Gasteiger partial charge < -0.3 is 19.9 Å². The quantitative estimate of drug-likeness (QED) is 0.656. The summed E-state index contributed by atoms with van der Waals surface area (Å²) in [5.74, 6) is -1.71. The Balaban J connectivity index is 0.000000248. The Morgan fingerprint density at radius 1 is 1.40 bits per heavy atom. The molecule has 1 aromatic carbocycles. The van der Waals surface area contributed by atoms with Crippen LogP contribution in [0.3, 0.4) is 0 Å². The summed E-state index contributed by atoms with van der Waals surface area (Å²) < 4.78 is 23.6. The fraction of sp³-hybridized carbons (Fsp3) is 0.400. The van der Waals surface area contributed by atoms with Crippen LogP contribution < -0.4 is 5.32 Å². The normalized spacial score (nSPS) is 17.7. The number of hydrogen-bond acceptors (Lipinski definition) is 7. The SMILES string of the molecule is CCC1(COC)CCOC1=O.CNc1nnc(-c2cc(Cl)ccc2F)cc1C(=O)O. The molecule has 162 valence electrons. The molecular formula is C20H23ClFN3O5. The van der Waals surface area contributed by atoms with E-state index >= 15 is 0 Å². The van der Waals surface area contributed by atoms with Crippen molar-refractivity contribution in [2.45, 2.75) is 19.8 Å². The molecule has 3 rings (SSSR count). The molecule has 1 saturated heterocycles. The van der Waals surface area contributed by atoms with Crippen LogP contribution in [0, 0.1) is 11.2 Å². The average Bonchev–Trinajstić information content (AvgIpc) is 3.10. The summed E-state index contributed by atoms with van der Waals surface area (Å²) in [6.45, 7) is 3.03. The Morgan fingerprint density at radius 2 is 2.13 bits per heavy atom. The van der Waals surface area contributed by atoms with E-state index in [2.05, 4.69) is 15.5 Å². The van der Waals surface area contributed by atoms with Crippen LogP contribution in [0.2, 0.25) is 5.02 Å². The van der Waals surface area contributed by atoms with E-state index in [0.29, 0.717) is 18.2 Å². The summed E-state index contributed by atoms with van der Waals surface area (Å²) in [5, 5.41) is 19.5. The monoisotopic (exact) mass is 439 g/mol. The number of rotatable bonds is 6. The zero-order chi connectivity index (χ0) is 22.3. The van der Waals surface area contributed by atoms with E-state index < -0.39 is 11.8 Å². The van der Waals surface area contributed by atoms with Crippen LogP contribution in [-0.2, 0) is 14.3 Å². The number of nitrogens with one attached hydrogen (secondary N) is 1. The van der Waals surface area contributed by atoms with E-state index in [1.54, 1.807) is 7.11 Å². The topological polar surface area (TPSA) is 111 Å². The first kappa shape index (κ1) is 23.5. The zero-order valence-electron chi connectivity index (χ0n) is 16.9. The number of anilines is 1. The van der Waals surface area contributed by atoms with Crippen LogP contribution in [0.4, 0.5) is 10.2 Å². The first-order chi connectivity index (χ1) is 14.3. The molecule has 2 aromatic rings. The third-order valence-electron chi connectivity index (χ3n) is 4.81. The molecule has 10 heteroatoms. The number of halogens is 2. The van der Waals surface area contributed by atoms with Crippen LogP contribution >= 0.6 is 11.6 Å². The maximum absolute atomic E-state index is 13.7. The minimum Gasteiger partial charge on any atom is -0.478 e. The molecular weight excluding hydrogens is 417 g/mol. The molecule has 2 N–H and O–H groups in total. The molecule has 0 saturated carbocycles. The summed E-state index contributed by atoms with van der Waals surface area (Å²) in [6, 6.07) is 5.20. The number of aromatic carboxylic acids is 1. The largest absolute Gasteiger partial charge is 0.478 e. The van der Waals surface area contributed by atoms with E-state index in [4.69, 9.17) is 26.2 Å². The molecule has 0 radical (unpaired) electrons. The summed E-state index contributed by atoms with van der Waals surface area (Å²) >= 11 is 5.78.